The smallest absolute Gasteiger partial charge is 0.313 e. The van der Waals surface area contributed by atoms with Crippen molar-refractivity contribution in [2.45, 2.75) is 31.2 Å². The molecule has 154 valence electrons. The van der Waals surface area contributed by atoms with Crippen LogP contribution in [0, 0.1) is 12.8 Å². The van der Waals surface area contributed by atoms with E-state index >= 15 is 0 Å². The van der Waals surface area contributed by atoms with Crippen LogP contribution in [-0.4, -0.2) is 42.6 Å². The maximum Gasteiger partial charge on any atom is 0.313 e. The van der Waals surface area contributed by atoms with Crippen LogP contribution in [0.1, 0.15) is 24.0 Å². The molecule has 2 amide bonds. The van der Waals surface area contributed by atoms with Crippen molar-refractivity contribution in [3.8, 4) is 0 Å². The first kappa shape index (κ1) is 21.4. The molecule has 1 fully saturated rings. The van der Waals surface area contributed by atoms with Crippen molar-refractivity contribution >= 4 is 29.3 Å². The highest BCUT2D eigenvalue weighted by Gasteiger charge is 2.22. The Kier molecular flexibility index (Phi) is 7.72. The number of carbonyl (C=O) groups is 2. The molecule has 0 aliphatic carbocycles. The Morgan fingerprint density at radius 3 is 2.41 bits per heavy atom. The van der Waals surface area contributed by atoms with Crippen LogP contribution >= 0.6 is 11.8 Å². The van der Waals surface area contributed by atoms with Crippen molar-refractivity contribution < 1.29 is 9.59 Å². The molecule has 0 atom stereocenters. The fourth-order valence-electron chi connectivity index (χ4n) is 3.57. The van der Waals surface area contributed by atoms with Crippen molar-refractivity contribution in [2.24, 2.45) is 5.92 Å². The summed E-state index contributed by atoms with van der Waals surface area (Å²) in [4.78, 5) is 28.0. The fraction of sp³-hybridized carbons (Fsp3) is 0.391. The molecule has 1 aliphatic rings. The van der Waals surface area contributed by atoms with Crippen LogP contribution < -0.4 is 10.6 Å². The van der Waals surface area contributed by atoms with E-state index in [2.05, 4.69) is 46.1 Å². The molecule has 29 heavy (non-hydrogen) atoms. The molecule has 3 rings (SSSR count). The van der Waals surface area contributed by atoms with E-state index < -0.39 is 11.8 Å². The van der Waals surface area contributed by atoms with Crippen LogP contribution in [0.4, 0.5) is 5.69 Å². The lowest BCUT2D eigenvalue weighted by Gasteiger charge is -2.32. The van der Waals surface area contributed by atoms with Gasteiger partial charge in [-0.15, -0.1) is 11.8 Å². The standard InChI is InChI=1S/C23H29N3O2S/c1-17-7-9-20(10-8-17)25-23(28)22(27)24-15-18-11-13-26(14-12-18)16-19-5-3-4-6-21(19)29-2/h3-10,18H,11-16H2,1-2H3,(H,24,27)(H,25,28). The van der Waals surface area contributed by atoms with Crippen molar-refractivity contribution in [3.63, 3.8) is 0 Å². The summed E-state index contributed by atoms with van der Waals surface area (Å²) < 4.78 is 0. The number of nitrogens with one attached hydrogen (secondary N) is 2. The average Bonchev–Trinajstić information content (AvgIpc) is 2.75. The molecular weight excluding hydrogens is 382 g/mol. The van der Waals surface area contributed by atoms with Gasteiger partial charge in [-0.05, 0) is 68.8 Å². The Hall–Kier alpha value is -2.31. The van der Waals surface area contributed by atoms with Crippen LogP contribution in [0.5, 0.6) is 0 Å². The quantitative estimate of drug-likeness (QED) is 0.562. The number of amides is 2. The molecular formula is C23H29N3O2S. The minimum absolute atomic E-state index is 0.415. The number of aryl methyl sites for hydroxylation is 1. The second-order valence-electron chi connectivity index (χ2n) is 7.56. The van der Waals surface area contributed by atoms with E-state index in [1.165, 1.54) is 10.5 Å². The summed E-state index contributed by atoms with van der Waals surface area (Å²) in [5.41, 5.74) is 3.12. The van der Waals surface area contributed by atoms with E-state index in [0.29, 0.717) is 18.2 Å². The van der Waals surface area contributed by atoms with Crippen LogP contribution in [0.25, 0.3) is 0 Å². The molecule has 0 unspecified atom stereocenters. The number of rotatable bonds is 6. The number of hydrogen-bond donors (Lipinski definition) is 2. The number of thioether (sulfide) groups is 1. The fourth-order valence-corrected chi connectivity index (χ4v) is 4.17. The predicted octanol–water partition coefficient (Wildman–Crippen LogP) is 3.68. The number of carbonyl (C=O) groups excluding carboxylic acids is 2. The highest BCUT2D eigenvalue weighted by atomic mass is 32.2. The SMILES string of the molecule is CSc1ccccc1CN1CCC(CNC(=O)C(=O)Nc2ccc(C)cc2)CC1. The van der Waals surface area contributed by atoms with Crippen molar-refractivity contribution in [1.29, 1.82) is 0 Å². The van der Waals surface area contributed by atoms with E-state index in [1.54, 1.807) is 23.9 Å². The van der Waals surface area contributed by atoms with Crippen molar-refractivity contribution in [2.75, 3.05) is 31.2 Å². The normalized spacial score (nSPS) is 15.1. The minimum atomic E-state index is -0.611. The Morgan fingerprint density at radius 1 is 1.03 bits per heavy atom. The number of benzene rings is 2. The molecule has 6 heteroatoms. The van der Waals surface area contributed by atoms with E-state index in [-0.39, 0.29) is 0 Å². The first-order valence-electron chi connectivity index (χ1n) is 10.0. The monoisotopic (exact) mass is 411 g/mol. The van der Waals surface area contributed by atoms with Gasteiger partial charge in [-0.3, -0.25) is 14.5 Å². The van der Waals surface area contributed by atoms with Crippen LogP contribution in [0.15, 0.2) is 53.4 Å². The van der Waals surface area contributed by atoms with Gasteiger partial charge in [-0.1, -0.05) is 35.9 Å². The van der Waals surface area contributed by atoms with Gasteiger partial charge in [0, 0.05) is 23.7 Å². The lowest BCUT2D eigenvalue weighted by atomic mass is 9.96. The third kappa shape index (κ3) is 6.34. The van der Waals surface area contributed by atoms with Gasteiger partial charge in [0.15, 0.2) is 0 Å². The molecule has 2 aromatic carbocycles. The number of anilines is 1. The molecule has 1 heterocycles. The first-order valence-corrected chi connectivity index (χ1v) is 11.3. The van der Waals surface area contributed by atoms with Crippen molar-refractivity contribution in [3.05, 3.63) is 59.7 Å². The zero-order chi connectivity index (χ0) is 20.6. The Labute approximate surface area is 177 Å². The number of likely N-dealkylation sites (tertiary alicyclic amines) is 1. The van der Waals surface area contributed by atoms with Gasteiger partial charge in [-0.2, -0.15) is 0 Å². The van der Waals surface area contributed by atoms with E-state index in [4.69, 9.17) is 0 Å². The molecule has 2 aromatic rings. The zero-order valence-electron chi connectivity index (χ0n) is 17.1. The molecule has 1 saturated heterocycles. The van der Waals surface area contributed by atoms with Crippen molar-refractivity contribution in [1.82, 2.24) is 10.2 Å². The summed E-state index contributed by atoms with van der Waals surface area (Å²) in [5.74, 6) is -0.764. The topological polar surface area (TPSA) is 61.4 Å². The molecule has 0 spiro atoms. The lowest BCUT2D eigenvalue weighted by Crippen LogP contribution is -2.41. The van der Waals surface area contributed by atoms with Gasteiger partial charge in [0.05, 0.1) is 0 Å². The maximum absolute atomic E-state index is 12.1. The van der Waals surface area contributed by atoms with Gasteiger partial charge in [-0.25, -0.2) is 0 Å². The first-order chi connectivity index (χ1) is 14.0. The van der Waals surface area contributed by atoms with Crippen LogP contribution in [0.2, 0.25) is 0 Å². The third-order valence-electron chi connectivity index (χ3n) is 5.36. The summed E-state index contributed by atoms with van der Waals surface area (Å²) in [5, 5.41) is 5.43. The van der Waals surface area contributed by atoms with Gasteiger partial charge < -0.3 is 10.6 Å². The molecule has 0 aromatic heterocycles. The molecule has 0 bridgehead atoms. The van der Waals surface area contributed by atoms with Crippen LogP contribution in [0.3, 0.4) is 0 Å². The Bertz CT molecular complexity index is 830. The Balaban J connectivity index is 1.39. The largest absolute Gasteiger partial charge is 0.348 e. The van der Waals surface area contributed by atoms with Gasteiger partial charge in [0.2, 0.25) is 0 Å². The number of nitrogens with zero attached hydrogens (tertiary/aromatic N) is 1. The van der Waals surface area contributed by atoms with Crippen LogP contribution in [-0.2, 0) is 16.1 Å². The molecule has 1 aliphatic heterocycles. The van der Waals surface area contributed by atoms with Gasteiger partial charge in [0.25, 0.3) is 0 Å². The molecule has 0 radical (unpaired) electrons. The highest BCUT2D eigenvalue weighted by Crippen LogP contribution is 2.24. The van der Waals surface area contributed by atoms with Gasteiger partial charge in [0.1, 0.15) is 0 Å². The summed E-state index contributed by atoms with van der Waals surface area (Å²) in [6.45, 7) is 5.52. The summed E-state index contributed by atoms with van der Waals surface area (Å²) in [6.07, 6.45) is 4.17. The van der Waals surface area contributed by atoms with E-state index in [0.717, 1.165) is 38.0 Å². The molecule has 2 N–H and O–H groups in total. The summed E-state index contributed by atoms with van der Waals surface area (Å²) in [7, 11) is 0. The summed E-state index contributed by atoms with van der Waals surface area (Å²) >= 11 is 1.79. The molecule has 0 saturated carbocycles. The third-order valence-corrected chi connectivity index (χ3v) is 6.20. The highest BCUT2D eigenvalue weighted by molar-refractivity contribution is 7.98. The second kappa shape index (κ2) is 10.5. The minimum Gasteiger partial charge on any atom is -0.348 e. The zero-order valence-corrected chi connectivity index (χ0v) is 17.9. The number of piperidine rings is 1. The maximum atomic E-state index is 12.1. The van der Waals surface area contributed by atoms with E-state index in [9.17, 15) is 9.59 Å². The average molecular weight is 412 g/mol. The Morgan fingerprint density at radius 2 is 1.72 bits per heavy atom. The van der Waals surface area contributed by atoms with E-state index in [1.807, 2.05) is 19.1 Å². The lowest BCUT2D eigenvalue weighted by molar-refractivity contribution is -0.136. The summed E-state index contributed by atoms with van der Waals surface area (Å²) in [6, 6.07) is 15.9. The molecule has 5 nitrogen and oxygen atoms in total. The number of hydrogen-bond acceptors (Lipinski definition) is 4. The van der Waals surface area contributed by atoms with Gasteiger partial charge >= 0.3 is 11.8 Å². The predicted molar refractivity (Wildman–Crippen MR) is 119 cm³/mol. The second-order valence-corrected chi connectivity index (χ2v) is 8.41.